The van der Waals surface area contributed by atoms with Crippen molar-refractivity contribution in [1.29, 1.82) is 0 Å². The molecule has 1 unspecified atom stereocenters. The minimum absolute atomic E-state index is 0.000302. The number of amides is 1. The van der Waals surface area contributed by atoms with E-state index in [1.54, 1.807) is 14.2 Å². The van der Waals surface area contributed by atoms with Crippen molar-refractivity contribution in [3.8, 4) is 17.2 Å². The normalized spacial score (nSPS) is 11.8. The number of nitrogens with one attached hydrogen (secondary N) is 1. The Morgan fingerprint density at radius 2 is 1.83 bits per heavy atom. The Hall–Kier alpha value is -3.28. The third-order valence-electron chi connectivity index (χ3n) is 5.32. The summed E-state index contributed by atoms with van der Waals surface area (Å²) < 4.78 is 12.5. The molecule has 1 N–H and O–H groups in total. The van der Waals surface area contributed by atoms with Gasteiger partial charge < -0.3 is 14.8 Å². The van der Waals surface area contributed by atoms with Crippen molar-refractivity contribution in [2.45, 2.75) is 39.7 Å². The third-order valence-corrected chi connectivity index (χ3v) is 5.32. The van der Waals surface area contributed by atoms with Crippen LogP contribution in [0, 0.1) is 13.8 Å². The molecule has 6 nitrogen and oxygen atoms in total. The minimum atomic E-state index is -0.124. The molecule has 30 heavy (non-hydrogen) atoms. The molecule has 0 aliphatic rings. The van der Waals surface area contributed by atoms with Crippen LogP contribution >= 0.6 is 0 Å². The smallest absolute Gasteiger partial charge is 0.220 e. The lowest BCUT2D eigenvalue weighted by Gasteiger charge is -2.15. The molecule has 0 radical (unpaired) electrons. The lowest BCUT2D eigenvalue weighted by molar-refractivity contribution is -0.121. The van der Waals surface area contributed by atoms with Crippen molar-refractivity contribution in [3.05, 3.63) is 71.0 Å². The first kappa shape index (κ1) is 21.4. The van der Waals surface area contributed by atoms with Gasteiger partial charge in [-0.1, -0.05) is 24.3 Å². The molecule has 0 saturated carbocycles. The molecule has 1 amide bonds. The van der Waals surface area contributed by atoms with Gasteiger partial charge in [-0.25, -0.2) is 4.68 Å². The number of aryl methyl sites for hydroxylation is 2. The lowest BCUT2D eigenvalue weighted by Crippen LogP contribution is -2.27. The molecule has 3 aromatic rings. The van der Waals surface area contributed by atoms with E-state index in [0.29, 0.717) is 24.3 Å². The molecule has 2 aromatic carbocycles. The van der Waals surface area contributed by atoms with Crippen molar-refractivity contribution in [3.63, 3.8) is 0 Å². The van der Waals surface area contributed by atoms with Crippen LogP contribution in [0.3, 0.4) is 0 Å². The molecule has 0 fully saturated rings. The fourth-order valence-corrected chi connectivity index (χ4v) is 3.58. The van der Waals surface area contributed by atoms with Crippen molar-refractivity contribution in [1.82, 2.24) is 15.1 Å². The van der Waals surface area contributed by atoms with Crippen molar-refractivity contribution >= 4 is 5.91 Å². The lowest BCUT2D eigenvalue weighted by atomic mass is 10.1. The summed E-state index contributed by atoms with van der Waals surface area (Å²) in [5.74, 6) is 1.35. The molecule has 0 spiro atoms. The minimum Gasteiger partial charge on any atom is -0.493 e. The number of ether oxygens (including phenoxy) is 2. The van der Waals surface area contributed by atoms with Gasteiger partial charge in [0.25, 0.3) is 0 Å². The summed E-state index contributed by atoms with van der Waals surface area (Å²) in [6.45, 7) is 6.08. The standard InChI is InChI=1S/C24H29N3O3/c1-16-8-6-7-9-21(16)27-18(3)20(15-25-27)17(2)26-24(28)13-11-19-10-12-22(29-4)23(14-19)30-5/h6-10,12,14-15,17H,11,13H2,1-5H3,(H,26,28). The monoisotopic (exact) mass is 407 g/mol. The van der Waals surface area contributed by atoms with Gasteiger partial charge in [-0.15, -0.1) is 0 Å². The van der Waals surface area contributed by atoms with Gasteiger partial charge in [-0.2, -0.15) is 5.10 Å². The number of carbonyl (C=O) groups excluding carboxylic acids is 1. The van der Waals surface area contributed by atoms with E-state index in [0.717, 1.165) is 28.1 Å². The van der Waals surface area contributed by atoms with Gasteiger partial charge in [-0.05, 0) is 56.5 Å². The first-order valence-electron chi connectivity index (χ1n) is 10.1. The number of rotatable bonds is 8. The number of carbonyl (C=O) groups is 1. The Morgan fingerprint density at radius 1 is 1.10 bits per heavy atom. The fraction of sp³-hybridized carbons (Fsp3) is 0.333. The Morgan fingerprint density at radius 3 is 2.53 bits per heavy atom. The van der Waals surface area contributed by atoms with E-state index in [9.17, 15) is 4.79 Å². The highest BCUT2D eigenvalue weighted by Gasteiger charge is 2.17. The largest absolute Gasteiger partial charge is 0.493 e. The number of hydrogen-bond acceptors (Lipinski definition) is 4. The van der Waals surface area contributed by atoms with E-state index < -0.39 is 0 Å². The van der Waals surface area contributed by atoms with Crippen LogP contribution < -0.4 is 14.8 Å². The summed E-state index contributed by atoms with van der Waals surface area (Å²) >= 11 is 0. The molecule has 0 saturated heterocycles. The number of hydrogen-bond donors (Lipinski definition) is 1. The molecule has 0 aliphatic heterocycles. The Bertz CT molecular complexity index is 1030. The van der Waals surface area contributed by atoms with Crippen LogP contribution in [-0.4, -0.2) is 29.9 Å². The van der Waals surface area contributed by atoms with E-state index in [1.165, 1.54) is 0 Å². The quantitative estimate of drug-likeness (QED) is 0.604. The molecule has 1 heterocycles. The molecular weight excluding hydrogens is 378 g/mol. The van der Waals surface area contributed by atoms with E-state index in [4.69, 9.17) is 9.47 Å². The zero-order chi connectivity index (χ0) is 21.7. The average molecular weight is 408 g/mol. The molecule has 6 heteroatoms. The number of nitrogens with zero attached hydrogens (tertiary/aromatic N) is 2. The third kappa shape index (κ3) is 4.64. The van der Waals surface area contributed by atoms with Crippen molar-refractivity contribution in [2.75, 3.05) is 14.2 Å². The second-order valence-electron chi connectivity index (χ2n) is 7.36. The van der Waals surface area contributed by atoms with Crippen molar-refractivity contribution < 1.29 is 14.3 Å². The van der Waals surface area contributed by atoms with Gasteiger partial charge in [-0.3, -0.25) is 4.79 Å². The Balaban J connectivity index is 1.63. The molecule has 0 aliphatic carbocycles. The van der Waals surface area contributed by atoms with E-state index in [2.05, 4.69) is 23.4 Å². The van der Waals surface area contributed by atoms with Gasteiger partial charge in [0, 0.05) is 17.7 Å². The highest BCUT2D eigenvalue weighted by atomic mass is 16.5. The summed E-state index contributed by atoms with van der Waals surface area (Å²) in [5, 5.41) is 7.63. The van der Waals surface area contributed by atoms with Gasteiger partial charge >= 0.3 is 0 Å². The van der Waals surface area contributed by atoms with Crippen molar-refractivity contribution in [2.24, 2.45) is 0 Å². The predicted molar refractivity (Wildman–Crippen MR) is 117 cm³/mol. The van der Waals surface area contributed by atoms with Crippen LogP contribution in [0.5, 0.6) is 11.5 Å². The molecular formula is C24H29N3O3. The van der Waals surface area contributed by atoms with Crippen LogP contribution in [0.4, 0.5) is 0 Å². The maximum absolute atomic E-state index is 12.5. The molecule has 0 bridgehead atoms. The predicted octanol–water partition coefficient (Wildman–Crippen LogP) is 4.32. The Labute approximate surface area is 177 Å². The SMILES string of the molecule is COc1ccc(CCC(=O)NC(C)c2cnn(-c3ccccc3C)c2C)cc1OC. The first-order valence-corrected chi connectivity index (χ1v) is 10.1. The summed E-state index contributed by atoms with van der Waals surface area (Å²) in [5.41, 5.74) is 5.27. The second-order valence-corrected chi connectivity index (χ2v) is 7.36. The van der Waals surface area contributed by atoms with Crippen LogP contribution in [0.25, 0.3) is 5.69 Å². The Kier molecular flexibility index (Phi) is 6.77. The first-order chi connectivity index (χ1) is 14.4. The molecule has 158 valence electrons. The number of para-hydroxylation sites is 1. The summed E-state index contributed by atoms with van der Waals surface area (Å²) in [6.07, 6.45) is 2.85. The number of methoxy groups -OCH3 is 2. The zero-order valence-corrected chi connectivity index (χ0v) is 18.2. The second kappa shape index (κ2) is 9.48. The van der Waals surface area contributed by atoms with Gasteiger partial charge in [0.1, 0.15) is 0 Å². The topological polar surface area (TPSA) is 65.4 Å². The number of benzene rings is 2. The van der Waals surface area contributed by atoms with E-state index in [-0.39, 0.29) is 11.9 Å². The van der Waals surface area contributed by atoms with Gasteiger partial charge in [0.15, 0.2) is 11.5 Å². The zero-order valence-electron chi connectivity index (χ0n) is 18.2. The van der Waals surface area contributed by atoms with Crippen LogP contribution in [0.1, 0.15) is 41.8 Å². The van der Waals surface area contributed by atoms with E-state index >= 15 is 0 Å². The molecule has 3 rings (SSSR count). The summed E-state index contributed by atoms with van der Waals surface area (Å²) in [4.78, 5) is 12.5. The van der Waals surface area contributed by atoms with Crippen LogP contribution in [-0.2, 0) is 11.2 Å². The molecule has 1 aromatic heterocycles. The van der Waals surface area contributed by atoms with Gasteiger partial charge in [0.2, 0.25) is 5.91 Å². The maximum Gasteiger partial charge on any atom is 0.220 e. The average Bonchev–Trinajstić information content (AvgIpc) is 3.13. The van der Waals surface area contributed by atoms with Gasteiger partial charge in [0.05, 0.1) is 32.1 Å². The van der Waals surface area contributed by atoms with Crippen LogP contribution in [0.15, 0.2) is 48.7 Å². The molecule has 1 atom stereocenters. The summed E-state index contributed by atoms with van der Waals surface area (Å²) in [6, 6.07) is 13.7. The van der Waals surface area contributed by atoms with Crippen LogP contribution in [0.2, 0.25) is 0 Å². The highest BCUT2D eigenvalue weighted by molar-refractivity contribution is 5.76. The highest BCUT2D eigenvalue weighted by Crippen LogP contribution is 2.28. The number of aromatic nitrogens is 2. The maximum atomic E-state index is 12.5. The van der Waals surface area contributed by atoms with E-state index in [1.807, 2.05) is 61.1 Å². The fourth-order valence-electron chi connectivity index (χ4n) is 3.58. The summed E-state index contributed by atoms with van der Waals surface area (Å²) in [7, 11) is 3.21.